The van der Waals surface area contributed by atoms with Crippen LogP contribution in [0.4, 0.5) is 0 Å². The molecule has 0 amide bonds. The number of unbranched alkanes of at least 4 members (excludes halogenated alkanes) is 19. The van der Waals surface area contributed by atoms with Gasteiger partial charge in [-0.3, -0.25) is 14.4 Å². The molecule has 0 N–H and O–H groups in total. The summed E-state index contributed by atoms with van der Waals surface area (Å²) in [4.78, 5) is 38.0. The second-order valence-electron chi connectivity index (χ2n) is 17.0. The summed E-state index contributed by atoms with van der Waals surface area (Å²) in [5.74, 6) is -1.01. The molecule has 0 radical (unpaired) electrons. The van der Waals surface area contributed by atoms with Crippen molar-refractivity contribution < 1.29 is 28.6 Å². The Morgan fingerprint density at radius 3 is 1.05 bits per heavy atom. The van der Waals surface area contributed by atoms with Gasteiger partial charge in [0.1, 0.15) is 13.2 Å². The fraction of sp³-hybridized carbons (Fsp3) is 0.672. The van der Waals surface area contributed by atoms with Crippen LogP contribution < -0.4 is 0 Å². The predicted molar refractivity (Wildman–Crippen MR) is 274 cm³/mol. The standard InChI is InChI=1S/C58H96O6/c1-4-7-10-13-16-19-22-25-27-28-29-30-32-33-36-39-42-45-48-51-57(60)63-54-55(53-62-56(59)50-47-44-41-38-35-24-21-18-15-12-9-6-3)64-58(61)52-49-46-43-40-37-34-31-26-23-20-17-14-11-8-5-2/h7,9-10,12,16,18-19,21,25,27,29-30,33,36,42,45,55H,4-6,8,11,13-15,17,20,22-24,26,28,31-32,34-35,37-41,43-44,46-54H2,1-3H3/b10-7-,12-9-,19-16-,21-18-,27-25-,30-29-,36-33-,45-42-. The smallest absolute Gasteiger partial charge is 0.306 e. The summed E-state index contributed by atoms with van der Waals surface area (Å²) in [5, 5.41) is 0. The SMILES string of the molecule is CC/C=C\C/C=C\C/C=C\C/C=C\C/C=C\C/C=C\CCC(=O)OCC(COC(=O)CCCCCCC/C=C\C/C=C\CC)OC(=O)CCCCCCCCCCCCCCCCC. The Morgan fingerprint density at radius 2 is 0.641 bits per heavy atom. The number of allylic oxidation sites excluding steroid dienone is 16. The van der Waals surface area contributed by atoms with Crippen LogP contribution in [0.25, 0.3) is 0 Å². The average Bonchev–Trinajstić information content (AvgIpc) is 3.29. The van der Waals surface area contributed by atoms with Gasteiger partial charge in [0.25, 0.3) is 0 Å². The van der Waals surface area contributed by atoms with Crippen LogP contribution in [0.5, 0.6) is 0 Å². The molecule has 6 heteroatoms. The van der Waals surface area contributed by atoms with E-state index < -0.39 is 6.10 Å². The number of hydrogen-bond donors (Lipinski definition) is 0. The Bertz CT molecular complexity index is 1300. The number of hydrogen-bond acceptors (Lipinski definition) is 6. The molecule has 0 aromatic carbocycles. The van der Waals surface area contributed by atoms with Crippen LogP contribution >= 0.6 is 0 Å². The number of carbonyl (C=O) groups is 3. The third kappa shape index (κ3) is 49.3. The minimum absolute atomic E-state index is 0.107. The molecule has 0 aliphatic rings. The van der Waals surface area contributed by atoms with Crippen LogP contribution in [0.1, 0.15) is 233 Å². The molecule has 0 spiro atoms. The van der Waals surface area contributed by atoms with Crippen molar-refractivity contribution >= 4 is 17.9 Å². The van der Waals surface area contributed by atoms with Gasteiger partial charge in [0.15, 0.2) is 6.10 Å². The van der Waals surface area contributed by atoms with Gasteiger partial charge >= 0.3 is 17.9 Å². The summed E-state index contributed by atoms with van der Waals surface area (Å²) >= 11 is 0. The lowest BCUT2D eigenvalue weighted by Gasteiger charge is -2.18. The van der Waals surface area contributed by atoms with Gasteiger partial charge in [0.05, 0.1) is 0 Å². The quantitative estimate of drug-likeness (QED) is 0.0262. The van der Waals surface area contributed by atoms with Gasteiger partial charge in [-0.1, -0.05) is 227 Å². The summed E-state index contributed by atoms with van der Waals surface area (Å²) in [6.45, 7) is 6.34. The van der Waals surface area contributed by atoms with E-state index in [9.17, 15) is 14.4 Å². The van der Waals surface area contributed by atoms with E-state index in [2.05, 4.69) is 112 Å². The largest absolute Gasteiger partial charge is 0.462 e. The number of esters is 3. The maximum absolute atomic E-state index is 12.8. The van der Waals surface area contributed by atoms with Gasteiger partial charge in [-0.2, -0.15) is 0 Å². The Hall–Kier alpha value is -3.67. The summed E-state index contributed by atoms with van der Waals surface area (Å²) in [5.41, 5.74) is 0. The predicted octanol–water partition coefficient (Wildman–Crippen LogP) is 17.4. The monoisotopic (exact) mass is 889 g/mol. The molecule has 6 nitrogen and oxygen atoms in total. The Morgan fingerprint density at radius 1 is 0.328 bits per heavy atom. The average molecular weight is 889 g/mol. The Balaban J connectivity index is 4.50. The first-order valence-corrected chi connectivity index (χ1v) is 26.2. The van der Waals surface area contributed by atoms with Gasteiger partial charge in [0.2, 0.25) is 0 Å². The molecular weight excluding hydrogens is 793 g/mol. The number of rotatable bonds is 46. The highest BCUT2D eigenvalue weighted by molar-refractivity contribution is 5.71. The molecule has 0 saturated heterocycles. The minimum atomic E-state index is -0.812. The van der Waals surface area contributed by atoms with Crippen molar-refractivity contribution in [2.24, 2.45) is 0 Å². The first-order chi connectivity index (χ1) is 31.5. The highest BCUT2D eigenvalue weighted by Gasteiger charge is 2.19. The number of carbonyl (C=O) groups excluding carboxylic acids is 3. The zero-order valence-electron chi connectivity index (χ0n) is 41.5. The molecule has 1 atom stereocenters. The summed E-state index contributed by atoms with van der Waals surface area (Å²) in [6.07, 6.45) is 68.3. The summed E-state index contributed by atoms with van der Waals surface area (Å²) in [7, 11) is 0. The second-order valence-corrected chi connectivity index (χ2v) is 17.0. The minimum Gasteiger partial charge on any atom is -0.462 e. The lowest BCUT2D eigenvalue weighted by atomic mass is 10.0. The maximum Gasteiger partial charge on any atom is 0.306 e. The molecule has 0 aliphatic carbocycles. The van der Waals surface area contributed by atoms with E-state index >= 15 is 0 Å². The van der Waals surface area contributed by atoms with E-state index in [1.807, 2.05) is 6.08 Å². The fourth-order valence-electron chi connectivity index (χ4n) is 6.98. The molecule has 0 aromatic rings. The Kier molecular flexibility index (Phi) is 49.0. The van der Waals surface area contributed by atoms with E-state index in [0.717, 1.165) is 109 Å². The zero-order valence-corrected chi connectivity index (χ0v) is 41.5. The third-order valence-corrected chi connectivity index (χ3v) is 10.8. The molecule has 0 fully saturated rings. The van der Waals surface area contributed by atoms with Crippen molar-refractivity contribution in [3.63, 3.8) is 0 Å². The van der Waals surface area contributed by atoms with Crippen molar-refractivity contribution in [2.45, 2.75) is 239 Å². The lowest BCUT2D eigenvalue weighted by molar-refractivity contribution is -0.166. The van der Waals surface area contributed by atoms with E-state index in [0.29, 0.717) is 19.3 Å². The first-order valence-electron chi connectivity index (χ1n) is 26.2. The van der Waals surface area contributed by atoms with Gasteiger partial charge in [-0.25, -0.2) is 0 Å². The van der Waals surface area contributed by atoms with E-state index in [-0.39, 0.29) is 37.5 Å². The maximum atomic E-state index is 12.8. The van der Waals surface area contributed by atoms with Gasteiger partial charge in [-0.05, 0) is 83.5 Å². The van der Waals surface area contributed by atoms with Crippen molar-refractivity contribution in [3.8, 4) is 0 Å². The topological polar surface area (TPSA) is 78.9 Å². The molecule has 364 valence electrons. The van der Waals surface area contributed by atoms with Crippen molar-refractivity contribution in [1.82, 2.24) is 0 Å². The van der Waals surface area contributed by atoms with Gasteiger partial charge in [-0.15, -0.1) is 0 Å². The molecule has 0 bridgehead atoms. The van der Waals surface area contributed by atoms with Crippen LogP contribution in [-0.2, 0) is 28.6 Å². The zero-order chi connectivity index (χ0) is 46.5. The van der Waals surface area contributed by atoms with Crippen molar-refractivity contribution in [1.29, 1.82) is 0 Å². The van der Waals surface area contributed by atoms with Crippen LogP contribution in [0.3, 0.4) is 0 Å². The molecule has 0 aliphatic heterocycles. The summed E-state index contributed by atoms with van der Waals surface area (Å²) in [6, 6.07) is 0. The number of ether oxygens (including phenoxy) is 3. The normalized spacial score (nSPS) is 12.9. The van der Waals surface area contributed by atoms with Crippen molar-refractivity contribution in [2.75, 3.05) is 13.2 Å². The highest BCUT2D eigenvalue weighted by atomic mass is 16.6. The summed E-state index contributed by atoms with van der Waals surface area (Å²) < 4.78 is 16.7. The lowest BCUT2D eigenvalue weighted by Crippen LogP contribution is -2.30. The first kappa shape index (κ1) is 60.3. The van der Waals surface area contributed by atoms with Crippen LogP contribution in [-0.4, -0.2) is 37.2 Å². The molecule has 0 rings (SSSR count). The molecule has 0 heterocycles. The highest BCUT2D eigenvalue weighted by Crippen LogP contribution is 2.15. The molecular formula is C58H96O6. The van der Waals surface area contributed by atoms with Gasteiger partial charge in [0, 0.05) is 19.3 Å². The van der Waals surface area contributed by atoms with Crippen LogP contribution in [0, 0.1) is 0 Å². The van der Waals surface area contributed by atoms with E-state index in [1.165, 1.54) is 77.0 Å². The second kappa shape index (κ2) is 52.0. The van der Waals surface area contributed by atoms with E-state index in [4.69, 9.17) is 14.2 Å². The molecule has 0 saturated carbocycles. The molecule has 0 aromatic heterocycles. The third-order valence-electron chi connectivity index (χ3n) is 10.8. The van der Waals surface area contributed by atoms with Crippen LogP contribution in [0.2, 0.25) is 0 Å². The van der Waals surface area contributed by atoms with Crippen LogP contribution in [0.15, 0.2) is 97.2 Å². The molecule has 64 heavy (non-hydrogen) atoms. The van der Waals surface area contributed by atoms with Gasteiger partial charge < -0.3 is 14.2 Å². The fourth-order valence-corrected chi connectivity index (χ4v) is 6.98. The van der Waals surface area contributed by atoms with E-state index in [1.54, 1.807) is 0 Å². The Labute approximate surface area is 394 Å². The van der Waals surface area contributed by atoms with Crippen molar-refractivity contribution in [3.05, 3.63) is 97.2 Å². The molecule has 1 unspecified atom stereocenters.